The molecule has 100 valence electrons. The molecule has 0 aliphatic carbocycles. The maximum absolute atomic E-state index is 5.95. The van der Waals surface area contributed by atoms with E-state index in [-0.39, 0.29) is 6.10 Å². The molecule has 2 N–H and O–H groups in total. The van der Waals surface area contributed by atoms with E-state index < -0.39 is 0 Å². The van der Waals surface area contributed by atoms with Crippen molar-refractivity contribution in [2.24, 2.45) is 5.73 Å². The van der Waals surface area contributed by atoms with E-state index in [0.29, 0.717) is 6.54 Å². The molecule has 0 amide bonds. The Morgan fingerprint density at radius 1 is 1.05 bits per heavy atom. The maximum Gasteiger partial charge on any atom is 0.136 e. The van der Waals surface area contributed by atoms with Crippen LogP contribution in [-0.2, 0) is 6.42 Å². The molecule has 1 unspecified atom stereocenters. The van der Waals surface area contributed by atoms with E-state index in [0.717, 1.165) is 22.2 Å². The quantitative estimate of drug-likeness (QED) is 0.900. The Labute approximate surface area is 122 Å². The van der Waals surface area contributed by atoms with Crippen LogP contribution in [0.4, 0.5) is 0 Å². The van der Waals surface area contributed by atoms with Gasteiger partial charge in [0.1, 0.15) is 11.9 Å². The van der Waals surface area contributed by atoms with Crippen LogP contribution in [0.3, 0.4) is 0 Å². The molecular weight excluding hydrogens is 302 g/mol. The van der Waals surface area contributed by atoms with E-state index >= 15 is 0 Å². The fourth-order valence-electron chi connectivity index (χ4n) is 1.90. The van der Waals surface area contributed by atoms with E-state index in [2.05, 4.69) is 35.0 Å². The van der Waals surface area contributed by atoms with Gasteiger partial charge in [-0.2, -0.15) is 0 Å². The largest absolute Gasteiger partial charge is 0.484 e. The molecule has 0 aliphatic heterocycles. The molecule has 2 rings (SSSR count). The first-order valence-electron chi connectivity index (χ1n) is 6.44. The SMILES string of the molecule is CCc1ccc(OC(CN)c2ccc(Br)cc2)cc1. The predicted octanol–water partition coefficient (Wildman–Crippen LogP) is 4.09. The van der Waals surface area contributed by atoms with Crippen molar-refractivity contribution in [3.8, 4) is 5.75 Å². The highest BCUT2D eigenvalue weighted by molar-refractivity contribution is 9.10. The summed E-state index contributed by atoms with van der Waals surface area (Å²) in [6.45, 7) is 2.59. The molecule has 0 saturated heterocycles. The second-order valence-electron chi connectivity index (χ2n) is 4.39. The molecule has 0 aliphatic rings. The number of ether oxygens (including phenoxy) is 1. The standard InChI is InChI=1S/C16H18BrNO/c1-2-12-3-9-15(10-4-12)19-16(11-18)13-5-7-14(17)8-6-13/h3-10,16H,2,11,18H2,1H3. The van der Waals surface area contributed by atoms with Gasteiger partial charge < -0.3 is 10.5 Å². The van der Waals surface area contributed by atoms with Crippen molar-refractivity contribution in [1.82, 2.24) is 0 Å². The number of hydrogen-bond acceptors (Lipinski definition) is 2. The fourth-order valence-corrected chi connectivity index (χ4v) is 2.16. The molecule has 19 heavy (non-hydrogen) atoms. The summed E-state index contributed by atoms with van der Waals surface area (Å²) in [5, 5.41) is 0. The normalized spacial score (nSPS) is 12.2. The molecule has 0 saturated carbocycles. The van der Waals surface area contributed by atoms with Crippen LogP contribution >= 0.6 is 15.9 Å². The van der Waals surface area contributed by atoms with Crippen LogP contribution in [-0.4, -0.2) is 6.54 Å². The minimum atomic E-state index is -0.111. The Morgan fingerprint density at radius 2 is 1.68 bits per heavy atom. The van der Waals surface area contributed by atoms with Gasteiger partial charge in [-0.1, -0.05) is 47.1 Å². The highest BCUT2D eigenvalue weighted by Gasteiger charge is 2.11. The highest BCUT2D eigenvalue weighted by atomic mass is 79.9. The molecule has 0 bridgehead atoms. The van der Waals surface area contributed by atoms with Crippen molar-refractivity contribution >= 4 is 15.9 Å². The van der Waals surface area contributed by atoms with Gasteiger partial charge in [0, 0.05) is 11.0 Å². The van der Waals surface area contributed by atoms with Gasteiger partial charge in [-0.25, -0.2) is 0 Å². The van der Waals surface area contributed by atoms with Gasteiger partial charge in [0.2, 0.25) is 0 Å². The Hall–Kier alpha value is -1.32. The molecule has 2 aromatic carbocycles. The maximum atomic E-state index is 5.95. The predicted molar refractivity (Wildman–Crippen MR) is 82.4 cm³/mol. The number of hydrogen-bond donors (Lipinski definition) is 1. The van der Waals surface area contributed by atoms with Gasteiger partial charge in [0.05, 0.1) is 0 Å². The van der Waals surface area contributed by atoms with Gasteiger partial charge in [-0.3, -0.25) is 0 Å². The third kappa shape index (κ3) is 3.82. The van der Waals surface area contributed by atoms with Crippen LogP contribution in [0.25, 0.3) is 0 Å². The summed E-state index contributed by atoms with van der Waals surface area (Å²) in [6.07, 6.45) is 0.924. The highest BCUT2D eigenvalue weighted by Crippen LogP contribution is 2.23. The first kappa shape index (κ1) is 14.1. The zero-order valence-electron chi connectivity index (χ0n) is 11.0. The molecule has 3 heteroatoms. The lowest BCUT2D eigenvalue weighted by molar-refractivity contribution is 0.214. The van der Waals surface area contributed by atoms with Crippen molar-refractivity contribution in [3.63, 3.8) is 0 Å². The second-order valence-corrected chi connectivity index (χ2v) is 5.31. The van der Waals surface area contributed by atoms with E-state index in [1.54, 1.807) is 0 Å². The summed E-state index contributed by atoms with van der Waals surface area (Å²) in [4.78, 5) is 0. The minimum absolute atomic E-state index is 0.111. The molecule has 2 aromatic rings. The van der Waals surface area contributed by atoms with Gasteiger partial charge in [0.15, 0.2) is 0 Å². The summed E-state index contributed by atoms with van der Waals surface area (Å²) >= 11 is 3.43. The monoisotopic (exact) mass is 319 g/mol. The van der Waals surface area contributed by atoms with Gasteiger partial charge in [-0.15, -0.1) is 0 Å². The van der Waals surface area contributed by atoms with E-state index in [1.165, 1.54) is 5.56 Å². The molecule has 0 fully saturated rings. The average Bonchev–Trinajstić information content (AvgIpc) is 2.46. The number of rotatable bonds is 5. The fraction of sp³-hybridized carbons (Fsp3) is 0.250. The van der Waals surface area contributed by atoms with E-state index in [4.69, 9.17) is 10.5 Å². The Morgan fingerprint density at radius 3 is 2.21 bits per heavy atom. The lowest BCUT2D eigenvalue weighted by atomic mass is 10.1. The van der Waals surface area contributed by atoms with Crippen molar-refractivity contribution in [1.29, 1.82) is 0 Å². The molecule has 1 atom stereocenters. The molecule has 2 nitrogen and oxygen atoms in total. The van der Waals surface area contributed by atoms with Crippen LogP contribution in [0.15, 0.2) is 53.0 Å². The molecular formula is C16H18BrNO. The lowest BCUT2D eigenvalue weighted by Gasteiger charge is -2.18. The Balaban J connectivity index is 2.11. The van der Waals surface area contributed by atoms with Crippen LogP contribution in [0, 0.1) is 0 Å². The van der Waals surface area contributed by atoms with Crippen LogP contribution in [0.2, 0.25) is 0 Å². The minimum Gasteiger partial charge on any atom is -0.484 e. The smallest absolute Gasteiger partial charge is 0.136 e. The van der Waals surface area contributed by atoms with Crippen molar-refractivity contribution < 1.29 is 4.74 Å². The van der Waals surface area contributed by atoms with E-state index in [9.17, 15) is 0 Å². The molecule has 0 heterocycles. The van der Waals surface area contributed by atoms with Crippen LogP contribution in [0.1, 0.15) is 24.2 Å². The summed E-state index contributed by atoms with van der Waals surface area (Å²) < 4.78 is 7.00. The zero-order chi connectivity index (χ0) is 13.7. The molecule has 0 radical (unpaired) electrons. The van der Waals surface area contributed by atoms with Crippen molar-refractivity contribution in [2.75, 3.05) is 6.54 Å². The Kier molecular flexibility index (Phi) is 5.00. The first-order chi connectivity index (χ1) is 9.22. The van der Waals surface area contributed by atoms with Gasteiger partial charge in [-0.05, 0) is 41.8 Å². The number of aryl methyl sites for hydroxylation is 1. The second kappa shape index (κ2) is 6.73. The van der Waals surface area contributed by atoms with Crippen LogP contribution in [0.5, 0.6) is 5.75 Å². The summed E-state index contributed by atoms with van der Waals surface area (Å²) in [6, 6.07) is 16.2. The summed E-state index contributed by atoms with van der Waals surface area (Å²) in [7, 11) is 0. The number of halogens is 1. The third-order valence-electron chi connectivity index (χ3n) is 3.07. The van der Waals surface area contributed by atoms with E-state index in [1.807, 2.05) is 36.4 Å². The van der Waals surface area contributed by atoms with Crippen molar-refractivity contribution in [2.45, 2.75) is 19.4 Å². The zero-order valence-corrected chi connectivity index (χ0v) is 12.6. The van der Waals surface area contributed by atoms with Gasteiger partial charge >= 0.3 is 0 Å². The summed E-state index contributed by atoms with van der Waals surface area (Å²) in [5.41, 5.74) is 8.20. The molecule has 0 spiro atoms. The Bertz CT molecular complexity index is 507. The topological polar surface area (TPSA) is 35.2 Å². The first-order valence-corrected chi connectivity index (χ1v) is 7.23. The van der Waals surface area contributed by atoms with Crippen LogP contribution < -0.4 is 10.5 Å². The lowest BCUT2D eigenvalue weighted by Crippen LogP contribution is -2.18. The number of nitrogens with two attached hydrogens (primary N) is 1. The van der Waals surface area contributed by atoms with Gasteiger partial charge in [0.25, 0.3) is 0 Å². The average molecular weight is 320 g/mol. The number of benzene rings is 2. The molecule has 0 aromatic heterocycles. The third-order valence-corrected chi connectivity index (χ3v) is 3.59. The van der Waals surface area contributed by atoms with Crippen molar-refractivity contribution in [3.05, 3.63) is 64.1 Å². The summed E-state index contributed by atoms with van der Waals surface area (Å²) in [5.74, 6) is 0.857.